The fourth-order valence-corrected chi connectivity index (χ4v) is 7.70. The Morgan fingerprint density at radius 2 is 0.930 bits per heavy atom. The molecule has 0 aromatic carbocycles. The molecule has 0 bridgehead atoms. The van der Waals surface area contributed by atoms with Crippen LogP contribution in [0.15, 0.2) is 97.2 Å². The van der Waals surface area contributed by atoms with Crippen molar-refractivity contribution in [2.45, 2.75) is 195 Å². The van der Waals surface area contributed by atoms with E-state index in [1.165, 1.54) is 6.08 Å². The number of amides is 1. The highest BCUT2D eigenvalue weighted by atomic mass is 16.8. The first-order valence-electron chi connectivity index (χ1n) is 25.0. The highest BCUT2D eigenvalue weighted by Crippen LogP contribution is 2.33. The van der Waals surface area contributed by atoms with Gasteiger partial charge in [0.05, 0.1) is 38.6 Å². The molecule has 0 aromatic heterocycles. The zero-order chi connectivity index (χ0) is 52.0. The van der Waals surface area contributed by atoms with Gasteiger partial charge in [-0.3, -0.25) is 4.79 Å². The zero-order valence-electron chi connectivity index (χ0n) is 41.1. The van der Waals surface area contributed by atoms with E-state index in [1.54, 1.807) is 6.08 Å². The summed E-state index contributed by atoms with van der Waals surface area (Å²) in [6.07, 6.45) is 14.7. The molecule has 3 aliphatic rings. The van der Waals surface area contributed by atoms with E-state index in [1.807, 2.05) is 24.3 Å². The van der Waals surface area contributed by atoms with E-state index in [9.17, 15) is 61.0 Å². The molecule has 3 saturated heterocycles. The first-order chi connectivity index (χ1) is 34.3. The maximum absolute atomic E-state index is 13.1. The van der Waals surface area contributed by atoms with Crippen molar-refractivity contribution in [2.24, 2.45) is 0 Å². The van der Waals surface area contributed by atoms with Crippen molar-refractivity contribution in [3.05, 3.63) is 97.2 Å². The Bertz CT molecular complexity index is 1680. The highest BCUT2D eigenvalue weighted by Gasteiger charge is 2.53. The van der Waals surface area contributed by atoms with Gasteiger partial charge in [-0.2, -0.15) is 0 Å². The van der Waals surface area contributed by atoms with Crippen molar-refractivity contribution < 1.29 is 89.4 Å². The van der Waals surface area contributed by atoms with Crippen LogP contribution in [0.1, 0.15) is 90.9 Å². The minimum atomic E-state index is -1.99. The predicted octanol–water partition coefficient (Wildman–Crippen LogP) is 1.47. The van der Waals surface area contributed by atoms with Crippen LogP contribution in [0, 0.1) is 0 Å². The summed E-state index contributed by atoms with van der Waals surface area (Å²) in [5.41, 5.74) is 0. The Kier molecular flexibility index (Phi) is 31.3. The number of aliphatic hydroxyl groups is 11. The Morgan fingerprint density at radius 1 is 0.507 bits per heavy atom. The maximum Gasteiger partial charge on any atom is 0.220 e. The number of carbonyl (C=O) groups is 1. The Balaban J connectivity index is 1.55. The summed E-state index contributed by atoms with van der Waals surface area (Å²) in [6, 6.07) is -1.03. The molecule has 404 valence electrons. The van der Waals surface area contributed by atoms with Gasteiger partial charge in [-0.15, -0.1) is 0 Å². The van der Waals surface area contributed by atoms with Gasteiger partial charge in [-0.1, -0.05) is 117 Å². The normalized spacial score (nSPS) is 33.1. The van der Waals surface area contributed by atoms with Crippen LogP contribution in [-0.4, -0.2) is 193 Å². The number of allylic oxidation sites excluding steroid dienone is 15. The molecular formula is C52H83NO18. The van der Waals surface area contributed by atoms with Crippen LogP contribution in [0.2, 0.25) is 0 Å². The summed E-state index contributed by atoms with van der Waals surface area (Å²) < 4.78 is 33.9. The van der Waals surface area contributed by atoms with Gasteiger partial charge in [-0.25, -0.2) is 0 Å². The van der Waals surface area contributed by atoms with Crippen LogP contribution >= 0.6 is 0 Å². The number of carbonyl (C=O) groups excluding carboxylic acids is 1. The Labute approximate surface area is 418 Å². The molecule has 0 aliphatic carbocycles. The maximum atomic E-state index is 13.1. The summed E-state index contributed by atoms with van der Waals surface area (Å²) in [7, 11) is 0. The zero-order valence-corrected chi connectivity index (χ0v) is 41.1. The number of unbranched alkanes of at least 4 members (excludes halogenated alkanes) is 2. The molecule has 3 aliphatic heterocycles. The standard InChI is InChI=1S/C52H83NO18/c1-3-5-7-9-11-12-13-14-15-16-17-18-19-20-21-22-24-26-28-30-40(58)53-35(36(57)29-27-25-23-10-8-6-4-2)34-66-50-46(64)43(61)48(38(32-55)68-50)71-52-47(65)44(62)49(39(33-56)69-52)70-51-45(63)42(60)41(59)37(31-54)67-51/h5,7-8,10-12,14-15,17-18,20-21,24,26-27,29,35-39,41-52,54-57,59-65H,3-4,6,9,13,16,19,22-23,25,28,30-34H2,1-2H3,(H,53,58)/b7-5-,10-8+,12-11-,15-14-,18-17-,21-20-,26-24-,29-27+. The van der Waals surface area contributed by atoms with Crippen LogP contribution in [0.25, 0.3) is 0 Å². The quantitative estimate of drug-likeness (QED) is 0.0335. The molecule has 3 heterocycles. The molecule has 12 N–H and O–H groups in total. The van der Waals surface area contributed by atoms with E-state index in [-0.39, 0.29) is 12.3 Å². The lowest BCUT2D eigenvalue weighted by atomic mass is 9.96. The van der Waals surface area contributed by atoms with E-state index in [2.05, 4.69) is 79.9 Å². The molecule has 17 unspecified atom stereocenters. The van der Waals surface area contributed by atoms with Crippen LogP contribution in [0.4, 0.5) is 0 Å². The molecule has 0 radical (unpaired) electrons. The Hall–Kier alpha value is -3.29. The van der Waals surface area contributed by atoms with Gasteiger partial charge in [0, 0.05) is 6.42 Å². The van der Waals surface area contributed by atoms with Crippen LogP contribution in [-0.2, 0) is 33.2 Å². The average Bonchev–Trinajstić information content (AvgIpc) is 3.36. The first-order valence-corrected chi connectivity index (χ1v) is 25.0. The van der Waals surface area contributed by atoms with Gasteiger partial charge in [0.1, 0.15) is 73.2 Å². The van der Waals surface area contributed by atoms with Crippen molar-refractivity contribution in [2.75, 3.05) is 26.4 Å². The summed E-state index contributed by atoms with van der Waals surface area (Å²) in [5.74, 6) is -0.379. The molecule has 3 rings (SSSR count). The topological polar surface area (TPSA) is 307 Å². The van der Waals surface area contributed by atoms with Gasteiger partial charge in [-0.05, 0) is 64.2 Å². The van der Waals surface area contributed by atoms with Crippen molar-refractivity contribution >= 4 is 5.91 Å². The van der Waals surface area contributed by atoms with Gasteiger partial charge in [0.25, 0.3) is 0 Å². The number of ether oxygens (including phenoxy) is 6. The van der Waals surface area contributed by atoms with Gasteiger partial charge in [0.2, 0.25) is 5.91 Å². The SMILES string of the molecule is CC/C=C\C/C=C\C/C=C\C/C=C\C/C=C\C/C=C\CCC(=O)NC(COC1OC(CO)C(OC2OC(CO)C(OC3OC(CO)C(O)C(O)C3O)C(O)C2O)C(O)C1O)C(O)/C=C/CC/C=C/CCC. The second kappa shape index (κ2) is 35.8. The van der Waals surface area contributed by atoms with Crippen LogP contribution in [0.3, 0.4) is 0 Å². The summed E-state index contributed by atoms with van der Waals surface area (Å²) in [6.45, 7) is 1.34. The molecule has 19 nitrogen and oxygen atoms in total. The molecule has 0 aromatic rings. The van der Waals surface area contributed by atoms with E-state index >= 15 is 0 Å². The molecule has 0 spiro atoms. The highest BCUT2D eigenvalue weighted by molar-refractivity contribution is 5.76. The minimum absolute atomic E-state index is 0.103. The summed E-state index contributed by atoms with van der Waals surface area (Å²) in [5, 5.41) is 119. The summed E-state index contributed by atoms with van der Waals surface area (Å²) >= 11 is 0. The van der Waals surface area contributed by atoms with Crippen molar-refractivity contribution in [3.8, 4) is 0 Å². The number of hydrogen-bond acceptors (Lipinski definition) is 18. The molecular weight excluding hydrogens is 927 g/mol. The lowest BCUT2D eigenvalue weighted by Crippen LogP contribution is -2.66. The Morgan fingerprint density at radius 3 is 1.44 bits per heavy atom. The third kappa shape index (κ3) is 21.6. The monoisotopic (exact) mass is 1010 g/mol. The lowest BCUT2D eigenvalue weighted by molar-refractivity contribution is -0.379. The molecule has 0 saturated carbocycles. The fourth-order valence-electron chi connectivity index (χ4n) is 7.70. The predicted molar refractivity (Wildman–Crippen MR) is 263 cm³/mol. The smallest absolute Gasteiger partial charge is 0.220 e. The molecule has 1 amide bonds. The first kappa shape index (κ1) is 62.0. The number of nitrogens with one attached hydrogen (secondary N) is 1. The second-order valence-electron chi connectivity index (χ2n) is 17.5. The van der Waals surface area contributed by atoms with E-state index in [0.717, 1.165) is 51.4 Å². The largest absolute Gasteiger partial charge is 0.394 e. The van der Waals surface area contributed by atoms with Crippen molar-refractivity contribution in [1.29, 1.82) is 0 Å². The van der Waals surface area contributed by atoms with Crippen molar-refractivity contribution in [1.82, 2.24) is 5.32 Å². The lowest BCUT2D eigenvalue weighted by Gasteiger charge is -2.48. The number of rotatable bonds is 32. The minimum Gasteiger partial charge on any atom is -0.394 e. The average molecular weight is 1010 g/mol. The third-order valence-electron chi connectivity index (χ3n) is 11.9. The molecule has 17 atom stereocenters. The van der Waals surface area contributed by atoms with Gasteiger partial charge < -0.3 is 89.9 Å². The number of aliphatic hydroxyl groups excluding tert-OH is 11. The molecule has 71 heavy (non-hydrogen) atoms. The summed E-state index contributed by atoms with van der Waals surface area (Å²) in [4.78, 5) is 13.1. The number of hydrogen-bond donors (Lipinski definition) is 12. The molecule has 19 heteroatoms. The van der Waals surface area contributed by atoms with Crippen LogP contribution in [0.5, 0.6) is 0 Å². The van der Waals surface area contributed by atoms with Crippen LogP contribution < -0.4 is 5.32 Å². The van der Waals surface area contributed by atoms with Gasteiger partial charge >= 0.3 is 0 Å². The second-order valence-corrected chi connectivity index (χ2v) is 17.5. The van der Waals surface area contributed by atoms with E-state index < -0.39 is 131 Å². The van der Waals surface area contributed by atoms with E-state index in [0.29, 0.717) is 19.3 Å². The molecule has 3 fully saturated rings. The fraction of sp³-hybridized carbons (Fsp3) is 0.673. The third-order valence-corrected chi connectivity index (χ3v) is 11.9. The van der Waals surface area contributed by atoms with Gasteiger partial charge in [0.15, 0.2) is 18.9 Å². The van der Waals surface area contributed by atoms with E-state index in [4.69, 9.17) is 28.4 Å². The van der Waals surface area contributed by atoms with Crippen molar-refractivity contribution in [3.63, 3.8) is 0 Å².